The number of hydrogen-bond donors (Lipinski definition) is 1. The van der Waals surface area contributed by atoms with Gasteiger partial charge in [-0.05, 0) is 12.6 Å². The van der Waals surface area contributed by atoms with Crippen LogP contribution in [0, 0.1) is 5.82 Å². The summed E-state index contributed by atoms with van der Waals surface area (Å²) in [4.78, 5) is 10.2. The van der Waals surface area contributed by atoms with E-state index in [4.69, 9.17) is 0 Å². The van der Waals surface area contributed by atoms with Gasteiger partial charge in [0.25, 0.3) is 0 Å². The molecule has 2 heterocycles. The molecule has 6 heteroatoms. The molecular formula is C14H20FN5. The number of aromatic nitrogens is 3. The van der Waals surface area contributed by atoms with E-state index in [1.165, 1.54) is 0 Å². The normalized spacial score (nSPS) is 10.8. The van der Waals surface area contributed by atoms with Gasteiger partial charge in [0.05, 0.1) is 6.54 Å². The molecule has 0 radical (unpaired) electrons. The molecule has 0 fully saturated rings. The van der Waals surface area contributed by atoms with Gasteiger partial charge in [-0.3, -0.25) is 0 Å². The fraction of sp³-hybridized carbons (Fsp3) is 0.429. The van der Waals surface area contributed by atoms with Crippen LogP contribution in [-0.2, 0) is 20.1 Å². The van der Waals surface area contributed by atoms with Gasteiger partial charge in [-0.1, -0.05) is 6.92 Å². The number of nitrogens with zero attached hydrogens (tertiary/aromatic N) is 4. The molecular weight excluding hydrogens is 257 g/mol. The maximum Gasteiger partial charge on any atom is 0.170 e. The summed E-state index contributed by atoms with van der Waals surface area (Å²) >= 11 is 0. The quantitative estimate of drug-likeness (QED) is 0.873. The molecule has 0 aliphatic heterocycles. The minimum absolute atomic E-state index is 0.273. The second-order valence-corrected chi connectivity index (χ2v) is 4.70. The van der Waals surface area contributed by atoms with Crippen molar-refractivity contribution in [3.63, 3.8) is 0 Å². The summed E-state index contributed by atoms with van der Waals surface area (Å²) in [6.45, 7) is 3.82. The van der Waals surface area contributed by atoms with E-state index in [0.717, 1.165) is 12.4 Å². The first-order valence-electron chi connectivity index (χ1n) is 6.65. The van der Waals surface area contributed by atoms with Crippen molar-refractivity contribution in [2.24, 2.45) is 7.05 Å². The Morgan fingerprint density at radius 2 is 2.15 bits per heavy atom. The summed E-state index contributed by atoms with van der Waals surface area (Å²) in [5.41, 5.74) is 0.628. The molecule has 0 amide bonds. The predicted molar refractivity (Wildman–Crippen MR) is 76.9 cm³/mol. The molecule has 0 aliphatic rings. The molecule has 0 aromatic carbocycles. The van der Waals surface area contributed by atoms with E-state index in [2.05, 4.69) is 15.3 Å². The highest BCUT2D eigenvalue weighted by molar-refractivity contribution is 5.42. The smallest absolute Gasteiger partial charge is 0.170 e. The molecule has 0 saturated heterocycles. The summed E-state index contributed by atoms with van der Waals surface area (Å²) in [6.07, 6.45) is 5.24. The Morgan fingerprint density at radius 1 is 1.35 bits per heavy atom. The van der Waals surface area contributed by atoms with Crippen LogP contribution in [0.1, 0.15) is 18.3 Å². The summed E-state index contributed by atoms with van der Waals surface area (Å²) in [5.74, 6) is 0.944. The lowest BCUT2D eigenvalue weighted by atomic mass is 10.2. The third-order valence-corrected chi connectivity index (χ3v) is 3.18. The van der Waals surface area contributed by atoms with Crippen LogP contribution in [0.3, 0.4) is 0 Å². The van der Waals surface area contributed by atoms with Crippen LogP contribution in [0.4, 0.5) is 10.2 Å². The minimum atomic E-state index is -0.273. The zero-order valence-corrected chi connectivity index (χ0v) is 12.1. The highest BCUT2D eigenvalue weighted by Crippen LogP contribution is 2.19. The van der Waals surface area contributed by atoms with Crippen LogP contribution < -0.4 is 10.2 Å². The largest absolute Gasteiger partial charge is 0.350 e. The molecule has 0 aliphatic carbocycles. The molecule has 0 spiro atoms. The number of pyridine rings is 1. The number of hydrogen-bond acceptors (Lipinski definition) is 4. The molecule has 5 nitrogen and oxygen atoms in total. The fourth-order valence-electron chi connectivity index (χ4n) is 1.97. The van der Waals surface area contributed by atoms with Crippen molar-refractivity contribution in [3.8, 4) is 0 Å². The maximum absolute atomic E-state index is 14.4. The van der Waals surface area contributed by atoms with Crippen LogP contribution in [0.25, 0.3) is 0 Å². The van der Waals surface area contributed by atoms with Crippen molar-refractivity contribution in [1.82, 2.24) is 19.9 Å². The lowest BCUT2D eigenvalue weighted by Gasteiger charge is -2.19. The van der Waals surface area contributed by atoms with Gasteiger partial charge in [0.1, 0.15) is 5.82 Å². The summed E-state index contributed by atoms with van der Waals surface area (Å²) in [6, 6.07) is 1.70. The Hall–Kier alpha value is -1.95. The van der Waals surface area contributed by atoms with E-state index in [0.29, 0.717) is 24.5 Å². The number of aryl methyl sites for hydroxylation is 1. The molecule has 0 atom stereocenters. The van der Waals surface area contributed by atoms with Crippen molar-refractivity contribution >= 4 is 5.82 Å². The Balaban J connectivity index is 2.17. The van der Waals surface area contributed by atoms with Crippen molar-refractivity contribution in [2.75, 3.05) is 18.5 Å². The highest BCUT2D eigenvalue weighted by atomic mass is 19.1. The summed E-state index contributed by atoms with van der Waals surface area (Å²) in [5, 5.41) is 3.12. The zero-order valence-electron chi connectivity index (χ0n) is 12.1. The molecule has 108 valence electrons. The number of rotatable bonds is 6. The van der Waals surface area contributed by atoms with Gasteiger partial charge >= 0.3 is 0 Å². The lowest BCUT2D eigenvalue weighted by molar-refractivity contribution is 0.581. The molecule has 1 N–H and O–H groups in total. The predicted octanol–water partition coefficient (Wildman–Crippen LogP) is 1.70. The van der Waals surface area contributed by atoms with Crippen molar-refractivity contribution in [1.29, 1.82) is 0 Å². The molecule has 0 saturated carbocycles. The van der Waals surface area contributed by atoms with Crippen molar-refractivity contribution in [3.05, 3.63) is 41.9 Å². The van der Waals surface area contributed by atoms with Crippen LogP contribution in [0.15, 0.2) is 24.7 Å². The number of anilines is 1. The Kier molecular flexibility index (Phi) is 4.68. The minimum Gasteiger partial charge on any atom is -0.350 e. The van der Waals surface area contributed by atoms with E-state index in [1.807, 2.05) is 31.8 Å². The van der Waals surface area contributed by atoms with E-state index >= 15 is 0 Å². The number of nitrogens with one attached hydrogen (secondary N) is 1. The fourth-order valence-corrected chi connectivity index (χ4v) is 1.97. The summed E-state index contributed by atoms with van der Waals surface area (Å²) < 4.78 is 16.3. The molecule has 0 bridgehead atoms. The molecule has 0 unspecified atom stereocenters. The first kappa shape index (κ1) is 14.5. The molecule has 2 rings (SSSR count). The maximum atomic E-state index is 14.4. The van der Waals surface area contributed by atoms with Gasteiger partial charge in [-0.2, -0.15) is 0 Å². The Labute approximate surface area is 118 Å². The first-order chi connectivity index (χ1) is 9.63. The molecule has 2 aromatic heterocycles. The Bertz CT molecular complexity index is 566. The van der Waals surface area contributed by atoms with Crippen molar-refractivity contribution in [2.45, 2.75) is 20.0 Å². The standard InChI is InChI=1S/C14H20FN5/c1-4-16-9-11-5-6-18-14(13(11)15)20(3)10-12-17-7-8-19(12)2/h5-8,16H,4,9-10H2,1-3H3. The van der Waals surface area contributed by atoms with Crippen molar-refractivity contribution < 1.29 is 4.39 Å². The zero-order chi connectivity index (χ0) is 14.5. The topological polar surface area (TPSA) is 46.0 Å². The SMILES string of the molecule is CCNCc1ccnc(N(C)Cc2nccn2C)c1F. The molecule has 20 heavy (non-hydrogen) atoms. The van der Waals surface area contributed by atoms with Gasteiger partial charge in [-0.25, -0.2) is 14.4 Å². The molecule has 2 aromatic rings. The van der Waals surface area contributed by atoms with E-state index in [-0.39, 0.29) is 5.82 Å². The second-order valence-electron chi connectivity index (χ2n) is 4.70. The number of halogens is 1. The second kappa shape index (κ2) is 6.47. The lowest BCUT2D eigenvalue weighted by Crippen LogP contribution is -2.22. The average Bonchev–Trinajstić information content (AvgIpc) is 2.83. The highest BCUT2D eigenvalue weighted by Gasteiger charge is 2.14. The van der Waals surface area contributed by atoms with Crippen LogP contribution in [-0.4, -0.2) is 28.1 Å². The van der Waals surface area contributed by atoms with Crippen LogP contribution in [0.5, 0.6) is 0 Å². The Morgan fingerprint density at radius 3 is 2.80 bits per heavy atom. The first-order valence-corrected chi connectivity index (χ1v) is 6.65. The van der Waals surface area contributed by atoms with E-state index in [9.17, 15) is 4.39 Å². The summed E-state index contributed by atoms with van der Waals surface area (Å²) in [7, 11) is 3.73. The average molecular weight is 277 g/mol. The van der Waals surface area contributed by atoms with Gasteiger partial charge in [-0.15, -0.1) is 0 Å². The number of imidazole rings is 1. The third-order valence-electron chi connectivity index (χ3n) is 3.18. The van der Waals surface area contributed by atoms with Gasteiger partial charge in [0, 0.05) is 44.8 Å². The monoisotopic (exact) mass is 277 g/mol. The van der Waals surface area contributed by atoms with Crippen LogP contribution >= 0.6 is 0 Å². The van der Waals surface area contributed by atoms with Gasteiger partial charge < -0.3 is 14.8 Å². The van der Waals surface area contributed by atoms with E-state index < -0.39 is 0 Å². The third kappa shape index (κ3) is 3.14. The van der Waals surface area contributed by atoms with Gasteiger partial charge in [0.2, 0.25) is 0 Å². The van der Waals surface area contributed by atoms with E-state index in [1.54, 1.807) is 23.4 Å². The van der Waals surface area contributed by atoms with Gasteiger partial charge in [0.15, 0.2) is 11.6 Å². The van der Waals surface area contributed by atoms with Crippen LogP contribution in [0.2, 0.25) is 0 Å².